The Kier molecular flexibility index (Phi) is 4.91. The van der Waals surface area contributed by atoms with Crippen LogP contribution in [0.4, 0.5) is 0 Å². The third-order valence-corrected chi connectivity index (χ3v) is 3.23. The highest BCUT2D eigenvalue weighted by Gasteiger charge is 2.34. The Morgan fingerprint density at radius 2 is 2.24 bits per heavy atom. The van der Waals surface area contributed by atoms with E-state index in [0.717, 1.165) is 24.9 Å². The highest BCUT2D eigenvalue weighted by atomic mass is 16.5. The van der Waals surface area contributed by atoms with Crippen LogP contribution in [0.3, 0.4) is 0 Å². The van der Waals surface area contributed by atoms with E-state index in [0.29, 0.717) is 25.4 Å². The third kappa shape index (κ3) is 3.99. The Morgan fingerprint density at radius 1 is 1.53 bits per heavy atom. The SMILES string of the molecule is CC(C)COC1=CC(=O)[C@](C)(CCC=O)CC1. The molecule has 0 aromatic carbocycles. The summed E-state index contributed by atoms with van der Waals surface area (Å²) in [6.45, 7) is 6.76. The van der Waals surface area contributed by atoms with E-state index in [4.69, 9.17) is 4.74 Å². The highest BCUT2D eigenvalue weighted by molar-refractivity contribution is 5.95. The standard InChI is InChI=1S/C14H22O3/c1-11(2)10-17-12-5-7-14(3,6-4-8-15)13(16)9-12/h8-9,11H,4-7,10H2,1-3H3/t14-/m1/s1. The van der Waals surface area contributed by atoms with Crippen molar-refractivity contribution in [3.63, 3.8) is 0 Å². The third-order valence-electron chi connectivity index (χ3n) is 3.23. The van der Waals surface area contributed by atoms with Crippen LogP contribution in [0, 0.1) is 11.3 Å². The lowest BCUT2D eigenvalue weighted by Gasteiger charge is -2.30. The smallest absolute Gasteiger partial charge is 0.164 e. The van der Waals surface area contributed by atoms with E-state index in [1.165, 1.54) is 0 Å². The second-order valence-corrected chi connectivity index (χ2v) is 5.45. The number of ether oxygens (including phenoxy) is 1. The molecule has 96 valence electrons. The molecule has 0 amide bonds. The van der Waals surface area contributed by atoms with Crippen molar-refractivity contribution in [1.82, 2.24) is 0 Å². The first-order chi connectivity index (χ1) is 7.98. The molecule has 17 heavy (non-hydrogen) atoms. The molecule has 0 heterocycles. The normalized spacial score (nSPS) is 24.7. The van der Waals surface area contributed by atoms with Crippen molar-refractivity contribution in [3.05, 3.63) is 11.8 Å². The molecule has 1 aliphatic rings. The van der Waals surface area contributed by atoms with Crippen LogP contribution in [0.1, 0.15) is 46.5 Å². The van der Waals surface area contributed by atoms with Crippen molar-refractivity contribution < 1.29 is 14.3 Å². The molecule has 0 aromatic rings. The first-order valence-corrected chi connectivity index (χ1v) is 6.29. The molecule has 0 saturated heterocycles. The Bertz CT molecular complexity index is 317. The monoisotopic (exact) mass is 238 g/mol. The Morgan fingerprint density at radius 3 is 2.76 bits per heavy atom. The summed E-state index contributed by atoms with van der Waals surface area (Å²) in [4.78, 5) is 22.4. The molecule has 0 fully saturated rings. The Labute approximate surface area is 103 Å². The Hall–Kier alpha value is -1.12. The molecule has 1 rings (SSSR count). The molecule has 3 nitrogen and oxygen atoms in total. The molecule has 0 radical (unpaired) electrons. The molecule has 0 spiro atoms. The van der Waals surface area contributed by atoms with Gasteiger partial charge in [0.15, 0.2) is 5.78 Å². The van der Waals surface area contributed by atoms with Gasteiger partial charge in [-0.1, -0.05) is 20.8 Å². The zero-order chi connectivity index (χ0) is 12.9. The second-order valence-electron chi connectivity index (χ2n) is 5.45. The van der Waals surface area contributed by atoms with Crippen LogP contribution >= 0.6 is 0 Å². The first-order valence-electron chi connectivity index (χ1n) is 6.29. The van der Waals surface area contributed by atoms with E-state index in [1.54, 1.807) is 6.08 Å². The van der Waals surface area contributed by atoms with Crippen molar-refractivity contribution in [2.75, 3.05) is 6.61 Å². The van der Waals surface area contributed by atoms with Gasteiger partial charge in [-0.25, -0.2) is 0 Å². The lowest BCUT2D eigenvalue weighted by Crippen LogP contribution is -2.30. The quantitative estimate of drug-likeness (QED) is 0.668. The van der Waals surface area contributed by atoms with Crippen molar-refractivity contribution in [3.8, 4) is 0 Å². The number of carbonyl (C=O) groups excluding carboxylic acids is 2. The predicted molar refractivity (Wildman–Crippen MR) is 66.5 cm³/mol. The van der Waals surface area contributed by atoms with Gasteiger partial charge in [0.2, 0.25) is 0 Å². The van der Waals surface area contributed by atoms with Crippen molar-refractivity contribution in [1.29, 1.82) is 0 Å². The highest BCUT2D eigenvalue weighted by Crippen LogP contribution is 2.36. The lowest BCUT2D eigenvalue weighted by molar-refractivity contribution is -0.125. The summed E-state index contributed by atoms with van der Waals surface area (Å²) in [7, 11) is 0. The maximum absolute atomic E-state index is 12.0. The van der Waals surface area contributed by atoms with Crippen molar-refractivity contribution in [2.45, 2.75) is 46.5 Å². The van der Waals surface area contributed by atoms with Gasteiger partial charge in [0.1, 0.15) is 6.29 Å². The second kappa shape index (κ2) is 5.99. The number of hydrogen-bond donors (Lipinski definition) is 0. The van der Waals surface area contributed by atoms with Gasteiger partial charge in [-0.2, -0.15) is 0 Å². The number of ketones is 1. The number of hydrogen-bond acceptors (Lipinski definition) is 3. The summed E-state index contributed by atoms with van der Waals surface area (Å²) in [5.41, 5.74) is -0.369. The van der Waals surface area contributed by atoms with Gasteiger partial charge in [-0.3, -0.25) is 4.79 Å². The molecule has 0 bridgehead atoms. The minimum atomic E-state index is -0.369. The maximum Gasteiger partial charge on any atom is 0.164 e. The average Bonchev–Trinajstić information content (AvgIpc) is 2.28. The Balaban J connectivity index is 2.58. The molecule has 1 aliphatic carbocycles. The van der Waals surface area contributed by atoms with E-state index < -0.39 is 0 Å². The van der Waals surface area contributed by atoms with Gasteiger partial charge < -0.3 is 9.53 Å². The fourth-order valence-electron chi connectivity index (χ4n) is 1.93. The summed E-state index contributed by atoms with van der Waals surface area (Å²) in [6.07, 6.45) is 5.18. The zero-order valence-electron chi connectivity index (χ0n) is 11.0. The molecule has 1 atom stereocenters. The van der Waals surface area contributed by atoms with Crippen LogP contribution in [0.5, 0.6) is 0 Å². The minimum Gasteiger partial charge on any atom is -0.498 e. The minimum absolute atomic E-state index is 0.101. The van der Waals surface area contributed by atoms with Gasteiger partial charge in [0, 0.05) is 24.3 Å². The summed E-state index contributed by atoms with van der Waals surface area (Å²) in [6, 6.07) is 0. The molecule has 0 unspecified atom stereocenters. The fourth-order valence-corrected chi connectivity index (χ4v) is 1.93. The van der Waals surface area contributed by atoms with Crippen molar-refractivity contribution >= 4 is 12.1 Å². The van der Waals surface area contributed by atoms with Crippen LogP contribution in [-0.2, 0) is 14.3 Å². The summed E-state index contributed by atoms with van der Waals surface area (Å²) < 4.78 is 5.58. The molecule has 3 heteroatoms. The summed E-state index contributed by atoms with van der Waals surface area (Å²) in [5, 5.41) is 0. The van der Waals surface area contributed by atoms with E-state index in [-0.39, 0.29) is 11.2 Å². The average molecular weight is 238 g/mol. The summed E-state index contributed by atoms with van der Waals surface area (Å²) >= 11 is 0. The van der Waals surface area contributed by atoms with Crippen LogP contribution in [-0.4, -0.2) is 18.7 Å². The van der Waals surface area contributed by atoms with E-state index >= 15 is 0 Å². The van der Waals surface area contributed by atoms with E-state index in [2.05, 4.69) is 13.8 Å². The maximum atomic E-state index is 12.0. The van der Waals surface area contributed by atoms with Gasteiger partial charge in [-0.15, -0.1) is 0 Å². The molecule has 0 aliphatic heterocycles. The van der Waals surface area contributed by atoms with Crippen LogP contribution < -0.4 is 0 Å². The van der Waals surface area contributed by atoms with Crippen molar-refractivity contribution in [2.24, 2.45) is 11.3 Å². The predicted octanol–water partition coefficient (Wildman–Crippen LogP) is 2.89. The molecular weight excluding hydrogens is 216 g/mol. The lowest BCUT2D eigenvalue weighted by atomic mass is 9.74. The van der Waals surface area contributed by atoms with E-state index in [1.807, 2.05) is 6.92 Å². The number of carbonyl (C=O) groups is 2. The number of rotatable bonds is 6. The molecular formula is C14H22O3. The van der Waals surface area contributed by atoms with Crippen LogP contribution in [0.2, 0.25) is 0 Å². The van der Waals surface area contributed by atoms with Gasteiger partial charge in [0.05, 0.1) is 12.4 Å². The number of allylic oxidation sites excluding steroid dienone is 2. The fraction of sp³-hybridized carbons (Fsp3) is 0.714. The van der Waals surface area contributed by atoms with Crippen LogP contribution in [0.15, 0.2) is 11.8 Å². The largest absolute Gasteiger partial charge is 0.498 e. The van der Waals surface area contributed by atoms with Gasteiger partial charge >= 0.3 is 0 Å². The van der Waals surface area contributed by atoms with Gasteiger partial charge in [-0.05, 0) is 18.8 Å². The van der Waals surface area contributed by atoms with Crippen LogP contribution in [0.25, 0.3) is 0 Å². The number of aldehydes is 1. The first kappa shape index (κ1) is 13.9. The topological polar surface area (TPSA) is 43.4 Å². The zero-order valence-corrected chi connectivity index (χ0v) is 11.0. The summed E-state index contributed by atoms with van der Waals surface area (Å²) in [5.74, 6) is 1.37. The molecule has 0 N–H and O–H groups in total. The molecule has 0 aromatic heterocycles. The van der Waals surface area contributed by atoms with Gasteiger partial charge in [0.25, 0.3) is 0 Å². The molecule has 0 saturated carbocycles. The van der Waals surface area contributed by atoms with E-state index in [9.17, 15) is 9.59 Å².